The minimum absolute atomic E-state index is 0.236. The molecule has 0 saturated carbocycles. The van der Waals surface area contributed by atoms with Crippen LogP contribution in [0.25, 0.3) is 10.2 Å². The van der Waals surface area contributed by atoms with Crippen LogP contribution in [0.2, 0.25) is 5.02 Å². The first-order valence-electron chi connectivity index (χ1n) is 8.11. The maximum Gasteiger partial charge on any atom is 0.410 e. The number of rotatable bonds is 1. The van der Waals surface area contributed by atoms with Crippen molar-refractivity contribution in [3.05, 3.63) is 23.2 Å². The van der Waals surface area contributed by atoms with E-state index < -0.39 is 5.60 Å². The van der Waals surface area contributed by atoms with Crippen LogP contribution in [0.3, 0.4) is 0 Å². The van der Waals surface area contributed by atoms with Crippen LogP contribution < -0.4 is 4.90 Å². The van der Waals surface area contributed by atoms with Gasteiger partial charge in [0.25, 0.3) is 0 Å². The second kappa shape index (κ2) is 6.76. The molecule has 1 aliphatic heterocycles. The Labute approximate surface area is 151 Å². The van der Waals surface area contributed by atoms with Crippen LogP contribution in [0, 0.1) is 0 Å². The Morgan fingerprint density at radius 3 is 2.79 bits per heavy atom. The van der Waals surface area contributed by atoms with E-state index in [0.29, 0.717) is 13.1 Å². The number of ether oxygens (including phenoxy) is 1. The van der Waals surface area contributed by atoms with Gasteiger partial charge in [-0.15, -0.1) is 0 Å². The van der Waals surface area contributed by atoms with E-state index in [0.717, 1.165) is 39.9 Å². The molecule has 1 aliphatic rings. The molecule has 1 fully saturated rings. The summed E-state index contributed by atoms with van der Waals surface area (Å²) in [6.07, 6.45) is 0.663. The van der Waals surface area contributed by atoms with E-state index >= 15 is 0 Å². The molecule has 0 aliphatic carbocycles. The van der Waals surface area contributed by atoms with Crippen molar-refractivity contribution in [2.45, 2.75) is 32.8 Å². The number of thiazole rings is 1. The Balaban J connectivity index is 1.69. The highest BCUT2D eigenvalue weighted by Crippen LogP contribution is 2.31. The third kappa shape index (κ3) is 4.11. The van der Waals surface area contributed by atoms with Gasteiger partial charge < -0.3 is 14.5 Å². The predicted molar refractivity (Wildman–Crippen MR) is 99.3 cm³/mol. The van der Waals surface area contributed by atoms with E-state index in [9.17, 15) is 4.79 Å². The standard InChI is InChI=1S/C17H22ClN3O2S/c1-17(2,3)23-16(22)21-8-4-7-20(9-10-21)15-19-13-6-5-12(18)11-14(13)24-15/h5-6,11H,4,7-10H2,1-3H3. The molecular formula is C17H22ClN3O2S. The van der Waals surface area contributed by atoms with Crippen LogP contribution in [-0.2, 0) is 4.74 Å². The highest BCUT2D eigenvalue weighted by Gasteiger charge is 2.25. The summed E-state index contributed by atoms with van der Waals surface area (Å²) in [6.45, 7) is 8.66. The molecule has 0 N–H and O–H groups in total. The average Bonchev–Trinajstić information content (AvgIpc) is 2.73. The molecule has 2 aromatic rings. The summed E-state index contributed by atoms with van der Waals surface area (Å²) >= 11 is 7.70. The minimum Gasteiger partial charge on any atom is -0.444 e. The molecule has 0 radical (unpaired) electrons. The van der Waals surface area contributed by atoms with Gasteiger partial charge in [0.15, 0.2) is 5.13 Å². The lowest BCUT2D eigenvalue weighted by atomic mass is 10.2. The lowest BCUT2D eigenvalue weighted by molar-refractivity contribution is 0.0263. The smallest absolute Gasteiger partial charge is 0.410 e. The second-order valence-corrected chi connectivity index (χ2v) is 8.36. The first-order valence-corrected chi connectivity index (χ1v) is 9.30. The van der Waals surface area contributed by atoms with Crippen molar-refractivity contribution in [3.63, 3.8) is 0 Å². The Morgan fingerprint density at radius 2 is 2.04 bits per heavy atom. The summed E-state index contributed by atoms with van der Waals surface area (Å²) in [4.78, 5) is 21.0. The molecule has 1 saturated heterocycles. The molecule has 130 valence electrons. The zero-order valence-electron chi connectivity index (χ0n) is 14.2. The number of carbonyl (C=O) groups is 1. The van der Waals surface area contributed by atoms with Crippen molar-refractivity contribution in [3.8, 4) is 0 Å². The third-order valence-corrected chi connectivity index (χ3v) is 5.07. The molecule has 1 aromatic carbocycles. The summed E-state index contributed by atoms with van der Waals surface area (Å²) in [5.74, 6) is 0. The monoisotopic (exact) mass is 367 g/mol. The van der Waals surface area contributed by atoms with Crippen LogP contribution in [0.5, 0.6) is 0 Å². The normalized spacial score (nSPS) is 16.3. The number of benzene rings is 1. The van der Waals surface area contributed by atoms with Crippen LogP contribution in [0.15, 0.2) is 18.2 Å². The zero-order chi connectivity index (χ0) is 17.3. The van der Waals surface area contributed by atoms with Gasteiger partial charge in [-0.3, -0.25) is 0 Å². The molecule has 0 atom stereocenters. The predicted octanol–water partition coefficient (Wildman–Crippen LogP) is 4.40. The van der Waals surface area contributed by atoms with E-state index in [-0.39, 0.29) is 6.09 Å². The van der Waals surface area contributed by atoms with Crippen molar-refractivity contribution in [1.82, 2.24) is 9.88 Å². The van der Waals surface area contributed by atoms with Crippen molar-refractivity contribution < 1.29 is 9.53 Å². The third-order valence-electron chi connectivity index (χ3n) is 3.76. The van der Waals surface area contributed by atoms with Gasteiger partial charge in [0.1, 0.15) is 5.60 Å². The Kier molecular flexibility index (Phi) is 4.88. The fourth-order valence-corrected chi connectivity index (χ4v) is 3.93. The number of nitrogens with zero attached hydrogens (tertiary/aromatic N) is 3. The van der Waals surface area contributed by atoms with Crippen LogP contribution in [-0.4, -0.2) is 47.8 Å². The van der Waals surface area contributed by atoms with E-state index in [2.05, 4.69) is 4.90 Å². The van der Waals surface area contributed by atoms with Gasteiger partial charge in [0.05, 0.1) is 10.2 Å². The molecule has 7 heteroatoms. The lowest BCUT2D eigenvalue weighted by Gasteiger charge is -2.26. The Bertz CT molecular complexity index is 741. The maximum atomic E-state index is 12.2. The Morgan fingerprint density at radius 1 is 1.25 bits per heavy atom. The van der Waals surface area contributed by atoms with E-state index in [1.807, 2.05) is 39.0 Å². The minimum atomic E-state index is -0.463. The van der Waals surface area contributed by atoms with E-state index in [4.69, 9.17) is 21.3 Å². The number of hydrogen-bond donors (Lipinski definition) is 0. The van der Waals surface area contributed by atoms with Crippen molar-refractivity contribution >= 4 is 44.4 Å². The van der Waals surface area contributed by atoms with Gasteiger partial charge in [0, 0.05) is 31.2 Å². The molecule has 0 unspecified atom stereocenters. The fourth-order valence-electron chi connectivity index (χ4n) is 2.64. The fraction of sp³-hybridized carbons (Fsp3) is 0.529. The first kappa shape index (κ1) is 17.3. The maximum absolute atomic E-state index is 12.2. The van der Waals surface area contributed by atoms with Gasteiger partial charge in [0.2, 0.25) is 0 Å². The topological polar surface area (TPSA) is 45.7 Å². The average molecular weight is 368 g/mol. The van der Waals surface area contributed by atoms with Crippen LogP contribution >= 0.6 is 22.9 Å². The van der Waals surface area contributed by atoms with Gasteiger partial charge >= 0.3 is 6.09 Å². The van der Waals surface area contributed by atoms with Gasteiger partial charge in [-0.2, -0.15) is 0 Å². The summed E-state index contributed by atoms with van der Waals surface area (Å²) in [5.41, 5.74) is 0.502. The number of carbonyl (C=O) groups excluding carboxylic acids is 1. The molecule has 1 amide bonds. The summed E-state index contributed by atoms with van der Waals surface area (Å²) in [5, 5.41) is 1.71. The van der Waals surface area contributed by atoms with Crippen LogP contribution in [0.4, 0.5) is 9.93 Å². The largest absolute Gasteiger partial charge is 0.444 e. The number of fused-ring (bicyclic) bond motifs is 1. The molecule has 5 nitrogen and oxygen atoms in total. The van der Waals surface area contributed by atoms with Gasteiger partial charge in [-0.25, -0.2) is 9.78 Å². The van der Waals surface area contributed by atoms with E-state index in [1.165, 1.54) is 0 Å². The summed E-state index contributed by atoms with van der Waals surface area (Å²) in [6, 6.07) is 5.76. The number of aromatic nitrogens is 1. The molecular weight excluding hydrogens is 346 g/mol. The molecule has 0 spiro atoms. The van der Waals surface area contributed by atoms with E-state index in [1.54, 1.807) is 16.2 Å². The highest BCUT2D eigenvalue weighted by molar-refractivity contribution is 7.22. The molecule has 1 aromatic heterocycles. The van der Waals surface area contributed by atoms with Crippen molar-refractivity contribution in [1.29, 1.82) is 0 Å². The van der Waals surface area contributed by atoms with Crippen LogP contribution in [0.1, 0.15) is 27.2 Å². The summed E-state index contributed by atoms with van der Waals surface area (Å²) < 4.78 is 6.56. The quantitative estimate of drug-likeness (QED) is 0.749. The number of anilines is 1. The Hall–Kier alpha value is -1.53. The number of hydrogen-bond acceptors (Lipinski definition) is 5. The zero-order valence-corrected chi connectivity index (χ0v) is 15.8. The van der Waals surface area contributed by atoms with Crippen molar-refractivity contribution in [2.75, 3.05) is 31.1 Å². The molecule has 3 rings (SSSR count). The molecule has 2 heterocycles. The molecule has 24 heavy (non-hydrogen) atoms. The highest BCUT2D eigenvalue weighted by atomic mass is 35.5. The second-order valence-electron chi connectivity index (χ2n) is 6.92. The number of amides is 1. The first-order chi connectivity index (χ1) is 11.3. The lowest BCUT2D eigenvalue weighted by Crippen LogP contribution is -2.39. The van der Waals surface area contributed by atoms with Gasteiger partial charge in [-0.1, -0.05) is 22.9 Å². The number of halogens is 1. The summed E-state index contributed by atoms with van der Waals surface area (Å²) in [7, 11) is 0. The molecule has 0 bridgehead atoms. The van der Waals surface area contributed by atoms with Gasteiger partial charge in [-0.05, 0) is 45.4 Å². The van der Waals surface area contributed by atoms with Crippen molar-refractivity contribution in [2.24, 2.45) is 0 Å². The SMILES string of the molecule is CC(C)(C)OC(=O)N1CCCN(c2nc3ccc(Cl)cc3s2)CC1.